The Bertz CT molecular complexity index is 405. The molecule has 0 saturated carbocycles. The lowest BCUT2D eigenvalue weighted by Gasteiger charge is -2.30. The maximum Gasteiger partial charge on any atom is 0.255 e. The molecule has 0 bridgehead atoms. The van der Waals surface area contributed by atoms with Crippen molar-refractivity contribution in [2.24, 2.45) is 0 Å². The maximum absolute atomic E-state index is 12.6. The SMILES string of the molecule is CCC(CC)N(CCOC)C(=O)c1ccccc1Cl. The first kappa shape index (κ1) is 16.0. The number of amides is 1. The minimum absolute atomic E-state index is 0.0173. The summed E-state index contributed by atoms with van der Waals surface area (Å²) in [5.74, 6) is -0.0173. The van der Waals surface area contributed by atoms with Gasteiger partial charge in [-0.1, -0.05) is 37.6 Å². The van der Waals surface area contributed by atoms with Crippen molar-refractivity contribution < 1.29 is 9.53 Å². The summed E-state index contributed by atoms with van der Waals surface area (Å²) < 4.78 is 5.10. The molecule has 0 saturated heterocycles. The predicted octanol–water partition coefficient (Wildman–Crippen LogP) is 3.62. The smallest absolute Gasteiger partial charge is 0.255 e. The molecule has 0 aliphatic carbocycles. The summed E-state index contributed by atoms with van der Waals surface area (Å²) in [7, 11) is 1.64. The molecule has 4 heteroatoms. The van der Waals surface area contributed by atoms with Gasteiger partial charge in [0.1, 0.15) is 0 Å². The highest BCUT2D eigenvalue weighted by molar-refractivity contribution is 6.33. The average Bonchev–Trinajstić information content (AvgIpc) is 2.43. The van der Waals surface area contributed by atoms with E-state index in [1.54, 1.807) is 19.2 Å². The zero-order valence-corrected chi connectivity index (χ0v) is 12.6. The third-order valence-electron chi connectivity index (χ3n) is 3.28. The molecule has 0 aliphatic rings. The van der Waals surface area contributed by atoms with Gasteiger partial charge in [-0.25, -0.2) is 0 Å². The number of methoxy groups -OCH3 is 1. The van der Waals surface area contributed by atoms with E-state index in [0.29, 0.717) is 23.7 Å². The minimum atomic E-state index is -0.0173. The van der Waals surface area contributed by atoms with Gasteiger partial charge in [-0.15, -0.1) is 0 Å². The number of halogens is 1. The van der Waals surface area contributed by atoms with Crippen LogP contribution in [-0.4, -0.2) is 37.1 Å². The van der Waals surface area contributed by atoms with Gasteiger partial charge in [-0.3, -0.25) is 4.79 Å². The Morgan fingerprint density at radius 2 is 1.95 bits per heavy atom. The van der Waals surface area contributed by atoms with Gasteiger partial charge in [0.15, 0.2) is 0 Å². The number of hydrogen-bond acceptors (Lipinski definition) is 2. The molecule has 0 aromatic heterocycles. The topological polar surface area (TPSA) is 29.5 Å². The molecule has 0 aliphatic heterocycles. The molecular weight excluding hydrogens is 262 g/mol. The van der Waals surface area contributed by atoms with Crippen LogP contribution in [0, 0.1) is 0 Å². The Balaban J connectivity index is 2.96. The molecule has 106 valence electrons. The Labute approximate surface area is 120 Å². The molecule has 1 aromatic rings. The molecule has 0 spiro atoms. The van der Waals surface area contributed by atoms with Gasteiger partial charge in [0.2, 0.25) is 0 Å². The van der Waals surface area contributed by atoms with Crippen molar-refractivity contribution in [2.45, 2.75) is 32.7 Å². The third-order valence-corrected chi connectivity index (χ3v) is 3.61. The van der Waals surface area contributed by atoms with Crippen LogP contribution in [-0.2, 0) is 4.74 Å². The van der Waals surface area contributed by atoms with Crippen LogP contribution in [0.15, 0.2) is 24.3 Å². The quantitative estimate of drug-likeness (QED) is 0.765. The largest absolute Gasteiger partial charge is 0.383 e. The van der Waals surface area contributed by atoms with Crippen LogP contribution in [0.5, 0.6) is 0 Å². The first-order chi connectivity index (χ1) is 9.15. The highest BCUT2D eigenvalue weighted by atomic mass is 35.5. The van der Waals surface area contributed by atoms with Gasteiger partial charge < -0.3 is 9.64 Å². The molecule has 0 heterocycles. The zero-order chi connectivity index (χ0) is 14.3. The van der Waals surface area contributed by atoms with Crippen molar-refractivity contribution in [2.75, 3.05) is 20.3 Å². The van der Waals surface area contributed by atoms with E-state index in [9.17, 15) is 4.79 Å². The first-order valence-electron chi connectivity index (χ1n) is 6.70. The Hall–Kier alpha value is -1.06. The van der Waals surface area contributed by atoms with Crippen molar-refractivity contribution in [3.05, 3.63) is 34.9 Å². The van der Waals surface area contributed by atoms with Crippen LogP contribution in [0.25, 0.3) is 0 Å². The highest BCUT2D eigenvalue weighted by Crippen LogP contribution is 2.20. The average molecular weight is 284 g/mol. The molecule has 3 nitrogen and oxygen atoms in total. The van der Waals surface area contributed by atoms with Gasteiger partial charge in [-0.05, 0) is 25.0 Å². The summed E-state index contributed by atoms with van der Waals surface area (Å²) in [4.78, 5) is 14.5. The van der Waals surface area contributed by atoms with Crippen LogP contribution in [0.1, 0.15) is 37.0 Å². The van der Waals surface area contributed by atoms with Gasteiger partial charge in [0.25, 0.3) is 5.91 Å². The number of hydrogen-bond donors (Lipinski definition) is 0. The molecule has 0 radical (unpaired) electrons. The van der Waals surface area contributed by atoms with Crippen LogP contribution in [0.3, 0.4) is 0 Å². The van der Waals surface area contributed by atoms with Crippen molar-refractivity contribution in [3.8, 4) is 0 Å². The highest BCUT2D eigenvalue weighted by Gasteiger charge is 2.23. The normalized spacial score (nSPS) is 10.8. The minimum Gasteiger partial charge on any atom is -0.383 e. The zero-order valence-electron chi connectivity index (χ0n) is 11.9. The summed E-state index contributed by atoms with van der Waals surface area (Å²) in [6, 6.07) is 7.40. The van der Waals surface area contributed by atoms with Crippen LogP contribution in [0.4, 0.5) is 0 Å². The fraction of sp³-hybridized carbons (Fsp3) is 0.533. The Kier molecular flexibility index (Phi) is 6.89. The van der Waals surface area contributed by atoms with E-state index in [-0.39, 0.29) is 11.9 Å². The second-order valence-electron chi connectivity index (χ2n) is 4.44. The number of benzene rings is 1. The van der Waals surface area contributed by atoms with Gasteiger partial charge >= 0.3 is 0 Å². The number of carbonyl (C=O) groups excluding carboxylic acids is 1. The fourth-order valence-electron chi connectivity index (χ4n) is 2.16. The van der Waals surface area contributed by atoms with Crippen molar-refractivity contribution >= 4 is 17.5 Å². The van der Waals surface area contributed by atoms with E-state index in [2.05, 4.69) is 13.8 Å². The van der Waals surface area contributed by atoms with E-state index in [1.807, 2.05) is 17.0 Å². The molecule has 0 unspecified atom stereocenters. The van der Waals surface area contributed by atoms with Crippen molar-refractivity contribution in [1.29, 1.82) is 0 Å². The van der Waals surface area contributed by atoms with Crippen molar-refractivity contribution in [1.82, 2.24) is 4.90 Å². The number of nitrogens with zero attached hydrogens (tertiary/aromatic N) is 1. The molecule has 0 N–H and O–H groups in total. The molecular formula is C15H22ClNO2. The monoisotopic (exact) mass is 283 g/mol. The van der Waals surface area contributed by atoms with Gasteiger partial charge in [0, 0.05) is 19.7 Å². The van der Waals surface area contributed by atoms with Crippen LogP contribution < -0.4 is 0 Å². The Morgan fingerprint density at radius 3 is 2.47 bits per heavy atom. The van der Waals surface area contributed by atoms with Crippen molar-refractivity contribution in [3.63, 3.8) is 0 Å². The number of ether oxygens (including phenoxy) is 1. The predicted molar refractivity (Wildman–Crippen MR) is 78.7 cm³/mol. The third kappa shape index (κ3) is 4.22. The molecule has 0 atom stereocenters. The fourth-order valence-corrected chi connectivity index (χ4v) is 2.37. The first-order valence-corrected chi connectivity index (χ1v) is 7.07. The standard InChI is InChI=1S/C15H22ClNO2/c1-4-12(5-2)17(10-11-19-3)15(18)13-8-6-7-9-14(13)16/h6-9,12H,4-5,10-11H2,1-3H3. The second-order valence-corrected chi connectivity index (χ2v) is 4.85. The van der Waals surface area contributed by atoms with Crippen LogP contribution in [0.2, 0.25) is 5.02 Å². The van der Waals surface area contributed by atoms with Gasteiger partial charge in [-0.2, -0.15) is 0 Å². The lowest BCUT2D eigenvalue weighted by atomic mass is 10.1. The van der Waals surface area contributed by atoms with E-state index in [1.165, 1.54) is 0 Å². The van der Waals surface area contributed by atoms with E-state index in [0.717, 1.165) is 12.8 Å². The van der Waals surface area contributed by atoms with E-state index < -0.39 is 0 Å². The molecule has 19 heavy (non-hydrogen) atoms. The summed E-state index contributed by atoms with van der Waals surface area (Å²) in [6.45, 7) is 5.31. The lowest BCUT2D eigenvalue weighted by molar-refractivity contribution is 0.0589. The molecule has 1 rings (SSSR count). The van der Waals surface area contributed by atoms with Crippen LogP contribution >= 0.6 is 11.6 Å². The summed E-state index contributed by atoms with van der Waals surface area (Å²) >= 11 is 6.11. The maximum atomic E-state index is 12.6. The molecule has 1 amide bonds. The summed E-state index contributed by atoms with van der Waals surface area (Å²) in [5, 5.41) is 0.501. The van der Waals surface area contributed by atoms with Gasteiger partial charge in [0.05, 0.1) is 17.2 Å². The second kappa shape index (κ2) is 8.18. The van der Waals surface area contributed by atoms with E-state index in [4.69, 9.17) is 16.3 Å². The Morgan fingerprint density at radius 1 is 1.32 bits per heavy atom. The summed E-state index contributed by atoms with van der Waals surface area (Å²) in [6.07, 6.45) is 1.85. The van der Waals surface area contributed by atoms with E-state index >= 15 is 0 Å². The lowest BCUT2D eigenvalue weighted by Crippen LogP contribution is -2.41. The summed E-state index contributed by atoms with van der Waals surface area (Å²) in [5.41, 5.74) is 0.562. The molecule has 0 fully saturated rings. The molecule has 1 aromatic carbocycles. The number of rotatable bonds is 7. The number of carbonyl (C=O) groups is 1.